The molecule has 0 bridgehead atoms. The van der Waals surface area contributed by atoms with Gasteiger partial charge in [-0.2, -0.15) is 0 Å². The third-order valence-electron chi connectivity index (χ3n) is 3.36. The van der Waals surface area contributed by atoms with Crippen LogP contribution in [0.1, 0.15) is 41.0 Å². The first kappa shape index (κ1) is 12.5. The first-order chi connectivity index (χ1) is 5.86. The third-order valence-corrected chi connectivity index (χ3v) is 3.36. The monoisotopic (exact) mass is 183 g/mol. The summed E-state index contributed by atoms with van der Waals surface area (Å²) in [4.78, 5) is 0. The van der Waals surface area contributed by atoms with Gasteiger partial charge in [-0.05, 0) is 30.1 Å². The predicted octanol–water partition coefficient (Wildman–Crippen LogP) is 3.41. The Morgan fingerprint density at radius 2 is 1.54 bits per heavy atom. The van der Waals surface area contributed by atoms with E-state index in [4.69, 9.17) is 5.73 Å². The van der Waals surface area contributed by atoms with Crippen molar-refractivity contribution in [3.05, 3.63) is 12.3 Å². The van der Waals surface area contributed by atoms with Gasteiger partial charge in [0.2, 0.25) is 0 Å². The van der Waals surface area contributed by atoms with Gasteiger partial charge in [0.25, 0.3) is 0 Å². The van der Waals surface area contributed by atoms with Crippen LogP contribution in [0.5, 0.6) is 0 Å². The van der Waals surface area contributed by atoms with Crippen molar-refractivity contribution in [1.82, 2.24) is 0 Å². The first-order valence-corrected chi connectivity index (χ1v) is 5.29. The molecule has 0 saturated carbocycles. The summed E-state index contributed by atoms with van der Waals surface area (Å²) in [5.41, 5.74) is 6.43. The first-order valence-electron chi connectivity index (χ1n) is 5.29. The molecule has 0 aliphatic carbocycles. The molecule has 0 fully saturated rings. The number of rotatable bonds is 5. The lowest BCUT2D eigenvalue weighted by Gasteiger charge is -2.28. The summed E-state index contributed by atoms with van der Waals surface area (Å²) in [5, 5.41) is 0. The zero-order valence-corrected chi connectivity index (χ0v) is 9.80. The third kappa shape index (κ3) is 4.35. The van der Waals surface area contributed by atoms with Gasteiger partial charge in [0.1, 0.15) is 0 Å². The molecular formula is C12H25N. The molecule has 1 nitrogen and oxygen atoms in total. The summed E-state index contributed by atoms with van der Waals surface area (Å²) in [6.07, 6.45) is 0.957. The molecule has 0 aromatic carbocycles. The maximum Gasteiger partial charge on any atom is 0.00102 e. The van der Waals surface area contributed by atoms with Crippen LogP contribution in [-0.4, -0.2) is 0 Å². The molecule has 78 valence electrons. The molecule has 0 aliphatic rings. The van der Waals surface area contributed by atoms with E-state index in [1.54, 1.807) is 0 Å². The summed E-state index contributed by atoms with van der Waals surface area (Å²) >= 11 is 0. The van der Waals surface area contributed by atoms with Crippen LogP contribution in [0.4, 0.5) is 0 Å². The van der Waals surface area contributed by atoms with Crippen molar-refractivity contribution in [3.8, 4) is 0 Å². The largest absolute Gasteiger partial charge is 0.403 e. The average Bonchev–Trinajstić information content (AvgIpc) is 2.00. The van der Waals surface area contributed by atoms with Crippen molar-refractivity contribution in [2.45, 2.75) is 41.0 Å². The molecule has 0 radical (unpaired) electrons. The summed E-state index contributed by atoms with van der Waals surface area (Å²) in [7, 11) is 0. The summed E-state index contributed by atoms with van der Waals surface area (Å²) in [5.74, 6) is 2.88. The second-order valence-corrected chi connectivity index (χ2v) is 4.80. The van der Waals surface area contributed by atoms with E-state index in [-0.39, 0.29) is 0 Å². The Morgan fingerprint density at radius 1 is 1.08 bits per heavy atom. The highest BCUT2D eigenvalue weighted by Gasteiger charge is 2.21. The normalized spacial score (nSPS) is 18.3. The smallest absolute Gasteiger partial charge is 0.00102 e. The maximum atomic E-state index is 5.61. The molecule has 0 spiro atoms. The minimum Gasteiger partial charge on any atom is -0.403 e. The highest BCUT2D eigenvalue weighted by atomic mass is 14.6. The van der Waals surface area contributed by atoms with Crippen molar-refractivity contribution in [3.63, 3.8) is 0 Å². The van der Waals surface area contributed by atoms with E-state index in [1.165, 1.54) is 0 Å². The second-order valence-electron chi connectivity index (χ2n) is 4.80. The molecule has 0 rings (SSSR count). The minimum atomic E-state index is 0.648. The Kier molecular flexibility index (Phi) is 5.12. The maximum absolute atomic E-state index is 5.61. The highest BCUT2D eigenvalue weighted by Crippen LogP contribution is 2.29. The molecular weight excluding hydrogens is 158 g/mol. The van der Waals surface area contributed by atoms with Gasteiger partial charge in [-0.15, -0.1) is 0 Å². The van der Waals surface area contributed by atoms with Crippen LogP contribution in [-0.2, 0) is 0 Å². The van der Waals surface area contributed by atoms with Gasteiger partial charge in [0.05, 0.1) is 0 Å². The van der Waals surface area contributed by atoms with Crippen LogP contribution in [0.2, 0.25) is 0 Å². The van der Waals surface area contributed by atoms with E-state index in [0.29, 0.717) is 5.92 Å². The SMILES string of the molecule is C=C(N)CC(C)C(C)C(C)C(C)C. The van der Waals surface area contributed by atoms with Crippen LogP contribution in [0, 0.1) is 23.7 Å². The lowest BCUT2D eigenvalue weighted by molar-refractivity contribution is 0.222. The molecule has 13 heavy (non-hydrogen) atoms. The van der Waals surface area contributed by atoms with Crippen molar-refractivity contribution in [2.24, 2.45) is 29.4 Å². The molecule has 0 aliphatic heterocycles. The van der Waals surface area contributed by atoms with E-state index < -0.39 is 0 Å². The van der Waals surface area contributed by atoms with Crippen molar-refractivity contribution in [1.29, 1.82) is 0 Å². The quantitative estimate of drug-likeness (QED) is 0.694. The van der Waals surface area contributed by atoms with E-state index in [0.717, 1.165) is 29.9 Å². The zero-order valence-electron chi connectivity index (χ0n) is 9.80. The van der Waals surface area contributed by atoms with Crippen LogP contribution < -0.4 is 5.73 Å². The Labute approximate surface area is 83.4 Å². The van der Waals surface area contributed by atoms with Crippen LogP contribution in [0.3, 0.4) is 0 Å². The van der Waals surface area contributed by atoms with E-state index in [1.807, 2.05) is 0 Å². The Hall–Kier alpha value is -0.460. The molecule has 0 aromatic heterocycles. The zero-order chi connectivity index (χ0) is 10.6. The summed E-state index contributed by atoms with van der Waals surface area (Å²) < 4.78 is 0. The van der Waals surface area contributed by atoms with Crippen LogP contribution in [0.25, 0.3) is 0 Å². The Balaban J connectivity index is 4.08. The molecule has 2 N–H and O–H groups in total. The standard InChI is InChI=1S/C12H25N/c1-8(2)11(5)12(6)9(3)7-10(4)13/h8-9,11-12H,4,7,13H2,1-3,5-6H3. The molecule has 3 atom stereocenters. The fourth-order valence-corrected chi connectivity index (χ4v) is 1.72. The van der Waals surface area contributed by atoms with Crippen molar-refractivity contribution >= 4 is 0 Å². The fraction of sp³-hybridized carbons (Fsp3) is 0.833. The van der Waals surface area contributed by atoms with Crippen LogP contribution >= 0.6 is 0 Å². The van der Waals surface area contributed by atoms with Gasteiger partial charge >= 0.3 is 0 Å². The molecule has 0 saturated heterocycles. The molecule has 0 amide bonds. The lowest BCUT2D eigenvalue weighted by Crippen LogP contribution is -2.22. The summed E-state index contributed by atoms with van der Waals surface area (Å²) in [6.45, 7) is 15.2. The van der Waals surface area contributed by atoms with E-state index >= 15 is 0 Å². The number of allylic oxidation sites excluding steroid dienone is 1. The van der Waals surface area contributed by atoms with E-state index in [9.17, 15) is 0 Å². The van der Waals surface area contributed by atoms with Gasteiger partial charge in [-0.3, -0.25) is 0 Å². The van der Waals surface area contributed by atoms with Crippen molar-refractivity contribution in [2.75, 3.05) is 0 Å². The highest BCUT2D eigenvalue weighted by molar-refractivity contribution is 4.89. The number of hydrogen-bond donors (Lipinski definition) is 1. The summed E-state index contributed by atoms with van der Waals surface area (Å²) in [6, 6.07) is 0. The van der Waals surface area contributed by atoms with Gasteiger partial charge in [-0.1, -0.05) is 41.2 Å². The molecule has 3 unspecified atom stereocenters. The fourth-order valence-electron chi connectivity index (χ4n) is 1.72. The predicted molar refractivity (Wildman–Crippen MR) is 60.3 cm³/mol. The molecule has 0 heterocycles. The number of nitrogens with two attached hydrogens (primary N) is 1. The number of hydrogen-bond acceptors (Lipinski definition) is 1. The van der Waals surface area contributed by atoms with Gasteiger partial charge in [0, 0.05) is 5.70 Å². The van der Waals surface area contributed by atoms with Gasteiger partial charge < -0.3 is 5.73 Å². The average molecular weight is 183 g/mol. The molecule has 0 aromatic rings. The minimum absolute atomic E-state index is 0.648. The van der Waals surface area contributed by atoms with Crippen molar-refractivity contribution < 1.29 is 0 Å². The van der Waals surface area contributed by atoms with Gasteiger partial charge in [-0.25, -0.2) is 0 Å². The van der Waals surface area contributed by atoms with Gasteiger partial charge in [0.15, 0.2) is 0 Å². The Bertz CT molecular complexity index is 161. The topological polar surface area (TPSA) is 26.0 Å². The molecule has 1 heteroatoms. The van der Waals surface area contributed by atoms with Crippen LogP contribution in [0.15, 0.2) is 12.3 Å². The Morgan fingerprint density at radius 3 is 1.85 bits per heavy atom. The lowest BCUT2D eigenvalue weighted by atomic mass is 9.77. The second kappa shape index (κ2) is 5.31. The van der Waals surface area contributed by atoms with E-state index in [2.05, 4.69) is 41.2 Å².